The van der Waals surface area contributed by atoms with E-state index in [0.29, 0.717) is 25.9 Å². The second-order valence-corrected chi connectivity index (χ2v) is 9.48. The maximum atomic E-state index is 12.9. The van der Waals surface area contributed by atoms with Gasteiger partial charge in [-0.3, -0.25) is 10.1 Å². The van der Waals surface area contributed by atoms with Gasteiger partial charge in [-0.15, -0.1) is 0 Å². The van der Waals surface area contributed by atoms with E-state index in [4.69, 9.17) is 0 Å². The Hall–Kier alpha value is -1.71. The van der Waals surface area contributed by atoms with Gasteiger partial charge in [-0.05, 0) is 37.8 Å². The van der Waals surface area contributed by atoms with Gasteiger partial charge in [0.2, 0.25) is 10.0 Å². The predicted molar refractivity (Wildman–Crippen MR) is 102 cm³/mol. The van der Waals surface area contributed by atoms with Crippen molar-refractivity contribution in [1.29, 1.82) is 0 Å². The lowest BCUT2D eigenvalue weighted by atomic mass is 10.0. The van der Waals surface area contributed by atoms with Crippen molar-refractivity contribution in [2.45, 2.75) is 61.9 Å². The van der Waals surface area contributed by atoms with Crippen LogP contribution >= 0.6 is 0 Å². The van der Waals surface area contributed by atoms with Crippen molar-refractivity contribution in [2.24, 2.45) is 0 Å². The van der Waals surface area contributed by atoms with Crippen LogP contribution in [-0.2, 0) is 10.0 Å². The Morgan fingerprint density at radius 2 is 1.74 bits per heavy atom. The number of nitro benzene ring substituents is 1. The predicted octanol–water partition coefficient (Wildman–Crippen LogP) is 2.88. The third kappa shape index (κ3) is 4.59. The number of anilines is 1. The summed E-state index contributed by atoms with van der Waals surface area (Å²) in [6.07, 6.45) is 6.81. The molecule has 3 rings (SSSR count). The van der Waals surface area contributed by atoms with Crippen LogP contribution in [0.4, 0.5) is 11.4 Å². The molecule has 1 aliphatic heterocycles. The first kappa shape index (κ1) is 20.0. The van der Waals surface area contributed by atoms with Gasteiger partial charge >= 0.3 is 0 Å². The number of benzene rings is 1. The van der Waals surface area contributed by atoms with Crippen LogP contribution < -0.4 is 5.32 Å². The number of nitro groups is 1. The Morgan fingerprint density at radius 3 is 2.33 bits per heavy atom. The zero-order chi connectivity index (χ0) is 19.5. The normalized spacial score (nSPS) is 20.9. The van der Waals surface area contributed by atoms with Crippen molar-refractivity contribution in [1.82, 2.24) is 4.31 Å². The maximum absolute atomic E-state index is 12.9. The smallest absolute Gasteiger partial charge is 0.293 e. The SMILES string of the molecule is O=[N+]([O-])c1cc(S(=O)(=O)N2CCCCCC2)ccc1NCC1(O)CCCC1. The van der Waals surface area contributed by atoms with Crippen LogP contribution in [-0.4, -0.2) is 48.0 Å². The van der Waals surface area contributed by atoms with Crippen LogP contribution in [0.25, 0.3) is 0 Å². The van der Waals surface area contributed by atoms with Gasteiger partial charge in [0.05, 0.1) is 15.4 Å². The van der Waals surface area contributed by atoms with Crippen molar-refractivity contribution in [3.05, 3.63) is 28.3 Å². The molecular weight excluding hydrogens is 370 g/mol. The molecule has 1 aliphatic carbocycles. The highest BCUT2D eigenvalue weighted by atomic mass is 32.2. The van der Waals surface area contributed by atoms with E-state index in [1.165, 1.54) is 16.4 Å². The standard InChI is InChI=1S/C18H27N3O5S/c22-18(9-3-4-10-18)14-19-16-8-7-15(13-17(16)21(23)24)27(25,26)20-11-5-1-2-6-12-20/h7-8,13,19,22H,1-6,9-12,14H2. The Bertz CT molecular complexity index is 782. The van der Waals surface area contributed by atoms with E-state index >= 15 is 0 Å². The molecule has 150 valence electrons. The van der Waals surface area contributed by atoms with Gasteiger partial charge < -0.3 is 10.4 Å². The summed E-state index contributed by atoms with van der Waals surface area (Å²) in [6.45, 7) is 1.11. The first-order valence-corrected chi connectivity index (χ1v) is 11.0. The summed E-state index contributed by atoms with van der Waals surface area (Å²) in [5.74, 6) is 0. The van der Waals surface area contributed by atoms with Crippen molar-refractivity contribution >= 4 is 21.4 Å². The fourth-order valence-corrected chi connectivity index (χ4v) is 5.41. The third-order valence-corrected chi connectivity index (χ3v) is 7.41. The average molecular weight is 397 g/mol. The van der Waals surface area contributed by atoms with E-state index in [1.54, 1.807) is 0 Å². The summed E-state index contributed by atoms with van der Waals surface area (Å²) in [6, 6.07) is 3.97. The maximum Gasteiger partial charge on any atom is 0.293 e. The van der Waals surface area contributed by atoms with Crippen molar-refractivity contribution in [2.75, 3.05) is 25.0 Å². The molecule has 2 N–H and O–H groups in total. The summed E-state index contributed by atoms with van der Waals surface area (Å²) < 4.78 is 27.2. The summed E-state index contributed by atoms with van der Waals surface area (Å²) in [5.41, 5.74) is -0.910. The first-order valence-electron chi connectivity index (χ1n) is 9.57. The minimum atomic E-state index is -3.75. The summed E-state index contributed by atoms with van der Waals surface area (Å²) >= 11 is 0. The first-order chi connectivity index (χ1) is 12.8. The van der Waals surface area contributed by atoms with Gasteiger partial charge in [0.25, 0.3) is 5.69 Å². The number of aliphatic hydroxyl groups is 1. The lowest BCUT2D eigenvalue weighted by Crippen LogP contribution is -2.33. The van der Waals surface area contributed by atoms with E-state index in [1.807, 2.05) is 0 Å². The summed E-state index contributed by atoms with van der Waals surface area (Å²) in [5, 5.41) is 24.9. The molecule has 0 amide bonds. The topological polar surface area (TPSA) is 113 Å². The highest BCUT2D eigenvalue weighted by molar-refractivity contribution is 7.89. The number of nitrogens with one attached hydrogen (secondary N) is 1. The fourth-order valence-electron chi connectivity index (χ4n) is 3.87. The van der Waals surface area contributed by atoms with Crippen LogP contribution in [0.5, 0.6) is 0 Å². The number of hydrogen-bond acceptors (Lipinski definition) is 6. The lowest BCUT2D eigenvalue weighted by molar-refractivity contribution is -0.384. The Labute approximate surface area is 159 Å². The molecule has 2 fully saturated rings. The molecule has 0 radical (unpaired) electrons. The highest BCUT2D eigenvalue weighted by Gasteiger charge is 2.32. The summed E-state index contributed by atoms with van der Waals surface area (Å²) in [4.78, 5) is 10.9. The molecule has 0 unspecified atom stereocenters. The van der Waals surface area contributed by atoms with Gasteiger partial charge in [-0.25, -0.2) is 8.42 Å². The van der Waals surface area contributed by atoms with Crippen LogP contribution in [0.3, 0.4) is 0 Å². The zero-order valence-corrected chi connectivity index (χ0v) is 16.2. The van der Waals surface area contributed by atoms with E-state index in [2.05, 4.69) is 5.32 Å². The Morgan fingerprint density at radius 1 is 1.11 bits per heavy atom. The van der Waals surface area contributed by atoms with E-state index in [9.17, 15) is 23.6 Å². The lowest BCUT2D eigenvalue weighted by Gasteiger charge is -2.23. The summed E-state index contributed by atoms with van der Waals surface area (Å²) in [7, 11) is -3.75. The van der Waals surface area contributed by atoms with Gasteiger partial charge in [0.1, 0.15) is 5.69 Å². The van der Waals surface area contributed by atoms with E-state index < -0.39 is 20.5 Å². The monoisotopic (exact) mass is 397 g/mol. The van der Waals surface area contributed by atoms with E-state index in [0.717, 1.165) is 44.6 Å². The minimum absolute atomic E-state index is 0.0544. The molecule has 1 aromatic rings. The molecule has 1 saturated heterocycles. The largest absolute Gasteiger partial charge is 0.388 e. The van der Waals surface area contributed by atoms with Crippen molar-refractivity contribution < 1.29 is 18.4 Å². The van der Waals surface area contributed by atoms with Gasteiger partial charge in [0.15, 0.2) is 0 Å². The third-order valence-electron chi connectivity index (χ3n) is 5.51. The Kier molecular flexibility index (Phi) is 6.02. The van der Waals surface area contributed by atoms with Crippen LogP contribution in [0.1, 0.15) is 51.4 Å². The molecule has 1 heterocycles. The molecule has 27 heavy (non-hydrogen) atoms. The van der Waals surface area contributed by atoms with Crippen LogP contribution in [0, 0.1) is 10.1 Å². The highest BCUT2D eigenvalue weighted by Crippen LogP contribution is 2.33. The molecule has 9 heteroatoms. The molecule has 0 bridgehead atoms. The molecule has 0 spiro atoms. The van der Waals surface area contributed by atoms with Gasteiger partial charge in [-0.2, -0.15) is 4.31 Å². The van der Waals surface area contributed by atoms with Crippen molar-refractivity contribution in [3.8, 4) is 0 Å². The van der Waals surface area contributed by atoms with Crippen LogP contribution in [0.15, 0.2) is 23.1 Å². The zero-order valence-electron chi connectivity index (χ0n) is 15.4. The molecule has 8 nitrogen and oxygen atoms in total. The molecular formula is C18H27N3O5S. The molecule has 0 atom stereocenters. The molecule has 2 aliphatic rings. The fraction of sp³-hybridized carbons (Fsp3) is 0.667. The second-order valence-electron chi connectivity index (χ2n) is 7.54. The second kappa shape index (κ2) is 8.12. The molecule has 1 aromatic carbocycles. The molecule has 1 saturated carbocycles. The quantitative estimate of drug-likeness (QED) is 0.564. The van der Waals surface area contributed by atoms with Crippen molar-refractivity contribution in [3.63, 3.8) is 0 Å². The average Bonchev–Trinajstić information content (AvgIpc) is 2.90. The molecule has 0 aromatic heterocycles. The number of nitrogens with zero attached hydrogens (tertiary/aromatic N) is 2. The Balaban J connectivity index is 1.83. The minimum Gasteiger partial charge on any atom is -0.388 e. The number of rotatable bonds is 6. The number of sulfonamides is 1. The van der Waals surface area contributed by atoms with Gasteiger partial charge in [-0.1, -0.05) is 25.7 Å². The van der Waals surface area contributed by atoms with E-state index in [-0.39, 0.29) is 22.8 Å². The van der Waals surface area contributed by atoms with Crippen LogP contribution in [0.2, 0.25) is 0 Å². The van der Waals surface area contributed by atoms with Gasteiger partial charge in [0, 0.05) is 25.7 Å². The number of hydrogen-bond donors (Lipinski definition) is 2.